The number of rotatable bonds is 7. The molecule has 3 aromatic rings. The van der Waals surface area contributed by atoms with Gasteiger partial charge in [-0.1, -0.05) is 6.07 Å². The van der Waals surface area contributed by atoms with Crippen LogP contribution in [0.1, 0.15) is 23.8 Å². The molecule has 1 aromatic carbocycles. The van der Waals surface area contributed by atoms with Crippen molar-refractivity contribution < 1.29 is 13.9 Å². The Hall–Kier alpha value is -3.09. The van der Waals surface area contributed by atoms with Gasteiger partial charge in [0, 0.05) is 0 Å². The molecule has 0 fully saturated rings. The number of aromatic nitrogens is 3. The molecule has 0 bridgehead atoms. The average Bonchev–Trinajstić information content (AvgIpc) is 3.10. The van der Waals surface area contributed by atoms with Crippen molar-refractivity contribution in [1.82, 2.24) is 15.0 Å². The van der Waals surface area contributed by atoms with Gasteiger partial charge >= 0.3 is 12.0 Å². The fraction of sp³-hybridized carbons (Fsp3) is 0.278. The van der Waals surface area contributed by atoms with Gasteiger partial charge in [0.05, 0.1) is 19.4 Å². The van der Waals surface area contributed by atoms with E-state index < -0.39 is 0 Å². The van der Waals surface area contributed by atoms with E-state index in [9.17, 15) is 0 Å². The van der Waals surface area contributed by atoms with Gasteiger partial charge in [0.1, 0.15) is 11.5 Å². The predicted octanol–water partition coefficient (Wildman–Crippen LogP) is 3.88. The Labute approximate surface area is 146 Å². The lowest BCUT2D eigenvalue weighted by molar-refractivity contribution is 0.303. The topological polar surface area (TPSA) is 82.3 Å². The molecule has 3 rings (SSSR count). The van der Waals surface area contributed by atoms with Gasteiger partial charge in [-0.2, -0.15) is 9.97 Å². The Morgan fingerprint density at radius 2 is 1.88 bits per heavy atom. The SMILES string of the molecule is CCOc1nc(NCc2ccco2)nc(Oc2ccc(C)c(C)c2)n1. The normalized spacial score (nSPS) is 10.5. The second-order valence-electron chi connectivity index (χ2n) is 5.44. The molecule has 0 saturated heterocycles. The standard InChI is InChI=1S/C18H20N4O3/c1-4-23-17-20-16(19-11-15-6-5-9-24-15)21-18(22-17)25-14-8-7-12(2)13(3)10-14/h5-10H,4,11H2,1-3H3,(H,19,20,21,22). The summed E-state index contributed by atoms with van der Waals surface area (Å²) in [4.78, 5) is 12.7. The quantitative estimate of drug-likeness (QED) is 0.698. The first-order chi connectivity index (χ1) is 12.1. The van der Waals surface area contributed by atoms with Crippen molar-refractivity contribution in [1.29, 1.82) is 0 Å². The molecule has 0 unspecified atom stereocenters. The van der Waals surface area contributed by atoms with Gasteiger partial charge in [-0.15, -0.1) is 4.98 Å². The van der Waals surface area contributed by atoms with Crippen LogP contribution in [0.2, 0.25) is 0 Å². The molecule has 0 aliphatic carbocycles. The summed E-state index contributed by atoms with van der Waals surface area (Å²) in [6.07, 6.45) is 1.62. The molecule has 0 aliphatic heterocycles. The third-order valence-electron chi connectivity index (χ3n) is 3.56. The molecule has 1 N–H and O–H groups in total. The van der Waals surface area contributed by atoms with E-state index in [1.54, 1.807) is 6.26 Å². The number of hydrogen-bond donors (Lipinski definition) is 1. The maximum Gasteiger partial charge on any atom is 0.330 e. The van der Waals surface area contributed by atoms with E-state index in [4.69, 9.17) is 13.9 Å². The van der Waals surface area contributed by atoms with Crippen molar-refractivity contribution in [2.24, 2.45) is 0 Å². The molecular formula is C18H20N4O3. The fourth-order valence-corrected chi connectivity index (χ4v) is 2.12. The lowest BCUT2D eigenvalue weighted by Crippen LogP contribution is -2.08. The van der Waals surface area contributed by atoms with Crippen LogP contribution in [0.15, 0.2) is 41.0 Å². The molecule has 0 aliphatic rings. The predicted molar refractivity (Wildman–Crippen MR) is 93.0 cm³/mol. The van der Waals surface area contributed by atoms with Crippen LogP contribution >= 0.6 is 0 Å². The molecule has 130 valence electrons. The maximum absolute atomic E-state index is 5.77. The molecule has 0 amide bonds. The van der Waals surface area contributed by atoms with E-state index in [2.05, 4.69) is 20.3 Å². The highest BCUT2D eigenvalue weighted by Crippen LogP contribution is 2.23. The summed E-state index contributed by atoms with van der Waals surface area (Å²) in [5.41, 5.74) is 2.33. The van der Waals surface area contributed by atoms with Crippen molar-refractivity contribution >= 4 is 5.95 Å². The van der Waals surface area contributed by atoms with E-state index in [0.29, 0.717) is 24.8 Å². The second-order valence-corrected chi connectivity index (χ2v) is 5.44. The minimum atomic E-state index is 0.170. The van der Waals surface area contributed by atoms with Crippen molar-refractivity contribution in [2.75, 3.05) is 11.9 Å². The zero-order chi connectivity index (χ0) is 17.6. The molecule has 2 aromatic heterocycles. The Morgan fingerprint density at radius 1 is 1.04 bits per heavy atom. The van der Waals surface area contributed by atoms with Crippen LogP contribution in [0.4, 0.5) is 5.95 Å². The fourth-order valence-electron chi connectivity index (χ4n) is 2.12. The van der Waals surface area contributed by atoms with Gasteiger partial charge < -0.3 is 19.2 Å². The smallest absolute Gasteiger partial charge is 0.330 e. The van der Waals surface area contributed by atoms with E-state index in [1.165, 1.54) is 5.56 Å². The van der Waals surface area contributed by atoms with Crippen LogP contribution < -0.4 is 14.8 Å². The first-order valence-electron chi connectivity index (χ1n) is 8.04. The summed E-state index contributed by atoms with van der Waals surface area (Å²) < 4.78 is 16.5. The molecule has 7 heteroatoms. The van der Waals surface area contributed by atoms with Crippen LogP contribution in [-0.2, 0) is 6.54 Å². The number of hydrogen-bond acceptors (Lipinski definition) is 7. The lowest BCUT2D eigenvalue weighted by atomic mass is 10.1. The highest BCUT2D eigenvalue weighted by Gasteiger charge is 2.10. The van der Waals surface area contributed by atoms with Gasteiger partial charge in [0.15, 0.2) is 0 Å². The zero-order valence-corrected chi connectivity index (χ0v) is 14.4. The first kappa shape index (κ1) is 16.8. The summed E-state index contributed by atoms with van der Waals surface area (Å²) in [6, 6.07) is 9.87. The summed E-state index contributed by atoms with van der Waals surface area (Å²) in [5.74, 6) is 1.79. The van der Waals surface area contributed by atoms with Crippen LogP contribution in [0.3, 0.4) is 0 Å². The number of benzene rings is 1. The Balaban J connectivity index is 1.80. The highest BCUT2D eigenvalue weighted by molar-refractivity contribution is 5.36. The molecule has 0 radical (unpaired) electrons. The maximum atomic E-state index is 5.77. The molecule has 0 atom stereocenters. The number of ether oxygens (including phenoxy) is 2. The minimum Gasteiger partial charge on any atom is -0.467 e. The largest absolute Gasteiger partial charge is 0.467 e. The van der Waals surface area contributed by atoms with Gasteiger partial charge in [-0.3, -0.25) is 0 Å². The van der Waals surface area contributed by atoms with Crippen LogP contribution in [0.25, 0.3) is 0 Å². The molecule has 0 saturated carbocycles. The number of nitrogens with one attached hydrogen (secondary N) is 1. The Bertz CT molecular complexity index is 834. The van der Waals surface area contributed by atoms with E-state index in [-0.39, 0.29) is 12.0 Å². The van der Waals surface area contributed by atoms with Gasteiger partial charge in [0.25, 0.3) is 0 Å². The van der Waals surface area contributed by atoms with Gasteiger partial charge in [-0.05, 0) is 56.2 Å². The van der Waals surface area contributed by atoms with E-state index in [1.807, 2.05) is 51.1 Å². The second kappa shape index (κ2) is 7.65. The summed E-state index contributed by atoms with van der Waals surface area (Å²) in [7, 11) is 0. The lowest BCUT2D eigenvalue weighted by Gasteiger charge is -2.10. The molecular weight excluding hydrogens is 320 g/mol. The molecule has 0 spiro atoms. The van der Waals surface area contributed by atoms with Gasteiger partial charge in [-0.25, -0.2) is 0 Å². The van der Waals surface area contributed by atoms with E-state index >= 15 is 0 Å². The third kappa shape index (κ3) is 4.47. The van der Waals surface area contributed by atoms with Gasteiger partial charge in [0.2, 0.25) is 5.95 Å². The van der Waals surface area contributed by atoms with Crippen molar-refractivity contribution in [3.05, 3.63) is 53.5 Å². The zero-order valence-electron chi connectivity index (χ0n) is 14.4. The molecule has 25 heavy (non-hydrogen) atoms. The first-order valence-corrected chi connectivity index (χ1v) is 8.04. The third-order valence-corrected chi connectivity index (χ3v) is 3.56. The van der Waals surface area contributed by atoms with Crippen LogP contribution in [0, 0.1) is 13.8 Å². The van der Waals surface area contributed by atoms with Crippen LogP contribution in [0.5, 0.6) is 17.8 Å². The van der Waals surface area contributed by atoms with Crippen molar-refractivity contribution in [3.63, 3.8) is 0 Å². The number of nitrogens with zero attached hydrogens (tertiary/aromatic N) is 3. The Morgan fingerprint density at radius 3 is 2.60 bits per heavy atom. The highest BCUT2D eigenvalue weighted by atomic mass is 16.5. The summed E-state index contributed by atoms with van der Waals surface area (Å²) in [6.45, 7) is 6.84. The van der Waals surface area contributed by atoms with Crippen molar-refractivity contribution in [3.8, 4) is 17.8 Å². The van der Waals surface area contributed by atoms with Crippen LogP contribution in [-0.4, -0.2) is 21.6 Å². The summed E-state index contributed by atoms with van der Waals surface area (Å²) in [5, 5.41) is 3.08. The van der Waals surface area contributed by atoms with E-state index in [0.717, 1.165) is 11.3 Å². The minimum absolute atomic E-state index is 0.170. The average molecular weight is 340 g/mol. The molecule has 2 heterocycles. The number of aryl methyl sites for hydroxylation is 2. The van der Waals surface area contributed by atoms with Crippen molar-refractivity contribution in [2.45, 2.75) is 27.3 Å². The number of anilines is 1. The summed E-state index contributed by atoms with van der Waals surface area (Å²) >= 11 is 0. The Kier molecular flexibility index (Phi) is 5.13. The monoisotopic (exact) mass is 340 g/mol. The number of furan rings is 1. The molecule has 7 nitrogen and oxygen atoms in total.